The van der Waals surface area contributed by atoms with Crippen molar-refractivity contribution in [3.8, 4) is 11.5 Å². The number of Topliss-reactive ketones (excluding diaryl/α,β-unsaturated/α-hetero) is 1. The molecule has 32 heavy (non-hydrogen) atoms. The Hall–Kier alpha value is -3.06. The Morgan fingerprint density at radius 3 is 2.47 bits per heavy atom. The number of hydrogen-bond donors (Lipinski definition) is 1. The lowest BCUT2D eigenvalue weighted by molar-refractivity contribution is -0.136. The monoisotopic (exact) mass is 469 g/mol. The number of aliphatic hydroxyl groups is 1. The average molecular weight is 470 g/mol. The fraction of sp³-hybridized carbons (Fsp3) is 0.167. The van der Waals surface area contributed by atoms with Gasteiger partial charge in [0, 0.05) is 21.2 Å². The average Bonchev–Trinajstić information content (AvgIpc) is 3.32. The second-order valence-corrected chi connectivity index (χ2v) is 8.58. The van der Waals surface area contributed by atoms with Crippen LogP contribution in [0.2, 0.25) is 10.0 Å². The van der Waals surface area contributed by atoms with Crippen LogP contribution in [0.15, 0.2) is 60.7 Å². The first-order valence-corrected chi connectivity index (χ1v) is 10.6. The zero-order valence-electron chi connectivity index (χ0n) is 16.7. The molecule has 1 atom stereocenters. The number of nitrogens with zero attached hydrogens (tertiary/aromatic N) is 1. The molecule has 0 saturated heterocycles. The molecule has 5 rings (SSSR count). The summed E-state index contributed by atoms with van der Waals surface area (Å²) in [4.78, 5) is 28.0. The highest BCUT2D eigenvalue weighted by atomic mass is 35.5. The first-order valence-electron chi connectivity index (χ1n) is 9.87. The predicted octanol–water partition coefficient (Wildman–Crippen LogP) is 4.73. The molecule has 2 aliphatic heterocycles. The van der Waals surface area contributed by atoms with Gasteiger partial charge < -0.3 is 19.5 Å². The molecular weight excluding hydrogens is 453 g/mol. The van der Waals surface area contributed by atoms with Crippen molar-refractivity contribution in [3.05, 3.63) is 87.4 Å². The van der Waals surface area contributed by atoms with Gasteiger partial charge in [-0.2, -0.15) is 0 Å². The number of ketones is 1. The number of amides is 1. The first-order chi connectivity index (χ1) is 15.3. The lowest BCUT2D eigenvalue weighted by Gasteiger charge is -2.23. The molecule has 2 aliphatic rings. The summed E-state index contributed by atoms with van der Waals surface area (Å²) in [7, 11) is 0. The maximum absolute atomic E-state index is 13.4. The lowest BCUT2D eigenvalue weighted by atomic mass is 9.88. The second-order valence-electron chi connectivity index (χ2n) is 7.71. The zero-order valence-corrected chi connectivity index (χ0v) is 18.2. The van der Waals surface area contributed by atoms with E-state index in [2.05, 4.69) is 0 Å². The molecule has 0 radical (unpaired) electrons. The molecule has 0 aliphatic carbocycles. The van der Waals surface area contributed by atoms with Crippen molar-refractivity contribution in [1.82, 2.24) is 0 Å². The van der Waals surface area contributed by atoms with Gasteiger partial charge in [0.1, 0.15) is 0 Å². The summed E-state index contributed by atoms with van der Waals surface area (Å²) < 4.78 is 10.6. The Labute approximate surface area is 193 Å². The number of carbonyl (C=O) groups excluding carboxylic acids is 2. The summed E-state index contributed by atoms with van der Waals surface area (Å²) >= 11 is 12.1. The number of fused-ring (bicyclic) bond motifs is 2. The third-order valence-corrected chi connectivity index (χ3v) is 6.15. The maximum atomic E-state index is 13.4. The Bertz CT molecular complexity index is 1240. The molecule has 2 heterocycles. The van der Waals surface area contributed by atoms with Crippen LogP contribution < -0.4 is 14.4 Å². The SMILES string of the molecule is O=C(C[C@@]1(O)C(=O)N(Cc2ccc(Cl)cc2)c2ccc(Cl)cc21)c1ccc2c(c1)OCO2. The van der Waals surface area contributed by atoms with Gasteiger partial charge in [0.05, 0.1) is 18.7 Å². The smallest absolute Gasteiger partial charge is 0.264 e. The van der Waals surface area contributed by atoms with Crippen LogP contribution in [0.5, 0.6) is 11.5 Å². The molecule has 8 heteroatoms. The van der Waals surface area contributed by atoms with E-state index >= 15 is 0 Å². The van der Waals surface area contributed by atoms with Gasteiger partial charge in [-0.25, -0.2) is 0 Å². The van der Waals surface area contributed by atoms with Gasteiger partial charge >= 0.3 is 0 Å². The Kier molecular flexibility index (Phi) is 5.08. The van der Waals surface area contributed by atoms with Crippen molar-refractivity contribution in [3.63, 3.8) is 0 Å². The largest absolute Gasteiger partial charge is 0.454 e. The zero-order chi connectivity index (χ0) is 22.5. The quantitative estimate of drug-likeness (QED) is 0.546. The molecule has 162 valence electrons. The van der Waals surface area contributed by atoms with Crippen molar-refractivity contribution in [2.24, 2.45) is 0 Å². The molecule has 0 bridgehead atoms. The van der Waals surface area contributed by atoms with Gasteiger partial charge in [-0.15, -0.1) is 0 Å². The summed E-state index contributed by atoms with van der Waals surface area (Å²) in [6.45, 7) is 0.298. The van der Waals surface area contributed by atoms with Gasteiger partial charge in [0.15, 0.2) is 22.9 Å². The van der Waals surface area contributed by atoms with Crippen LogP contribution in [0.1, 0.15) is 27.9 Å². The van der Waals surface area contributed by atoms with E-state index in [4.69, 9.17) is 32.7 Å². The first kappa shape index (κ1) is 20.8. The van der Waals surface area contributed by atoms with Crippen LogP contribution in [0.25, 0.3) is 0 Å². The number of rotatable bonds is 5. The highest BCUT2D eigenvalue weighted by molar-refractivity contribution is 6.31. The van der Waals surface area contributed by atoms with E-state index in [0.29, 0.717) is 38.4 Å². The molecule has 0 unspecified atom stereocenters. The van der Waals surface area contributed by atoms with E-state index in [-0.39, 0.29) is 13.3 Å². The van der Waals surface area contributed by atoms with E-state index in [1.165, 1.54) is 11.0 Å². The number of anilines is 1. The molecule has 0 aromatic heterocycles. The van der Waals surface area contributed by atoms with Gasteiger partial charge in [0.25, 0.3) is 5.91 Å². The maximum Gasteiger partial charge on any atom is 0.264 e. The van der Waals surface area contributed by atoms with Crippen molar-refractivity contribution >= 4 is 40.6 Å². The van der Waals surface area contributed by atoms with Gasteiger partial charge in [-0.05, 0) is 54.1 Å². The summed E-state index contributed by atoms with van der Waals surface area (Å²) in [5.41, 5.74) is -0.0845. The number of hydrogen-bond acceptors (Lipinski definition) is 5. The van der Waals surface area contributed by atoms with Gasteiger partial charge in [0.2, 0.25) is 6.79 Å². The van der Waals surface area contributed by atoms with Crippen LogP contribution >= 0.6 is 23.2 Å². The molecule has 1 amide bonds. The topological polar surface area (TPSA) is 76.1 Å². The highest BCUT2D eigenvalue weighted by Crippen LogP contribution is 2.45. The van der Waals surface area contributed by atoms with E-state index in [1.807, 2.05) is 0 Å². The van der Waals surface area contributed by atoms with E-state index in [0.717, 1.165) is 5.56 Å². The predicted molar refractivity (Wildman–Crippen MR) is 120 cm³/mol. The summed E-state index contributed by atoms with van der Waals surface area (Å²) in [5.74, 6) is 0.00842. The highest BCUT2D eigenvalue weighted by Gasteiger charge is 2.51. The third-order valence-electron chi connectivity index (χ3n) is 5.66. The molecule has 3 aromatic carbocycles. The normalized spacial score (nSPS) is 18.7. The van der Waals surface area contributed by atoms with E-state index in [1.54, 1.807) is 54.6 Å². The summed E-state index contributed by atoms with van der Waals surface area (Å²) in [6, 6.07) is 16.7. The molecule has 0 saturated carbocycles. The van der Waals surface area contributed by atoms with Gasteiger partial charge in [-0.1, -0.05) is 35.3 Å². The number of ether oxygens (including phenoxy) is 2. The molecule has 0 fully saturated rings. The number of carbonyl (C=O) groups is 2. The van der Waals surface area contributed by atoms with Crippen LogP contribution in [-0.2, 0) is 16.9 Å². The standard InChI is InChI=1S/C24H17Cl2NO5/c25-16-4-1-14(2-5-16)12-27-19-7-6-17(26)10-18(19)24(30,23(27)29)11-20(28)15-3-8-21-22(9-15)32-13-31-21/h1-10,30H,11-13H2/t24-/m0/s1. The number of halogens is 2. The summed E-state index contributed by atoms with van der Waals surface area (Å²) in [6.07, 6.45) is -0.435. The lowest BCUT2D eigenvalue weighted by Crippen LogP contribution is -2.41. The fourth-order valence-electron chi connectivity index (χ4n) is 4.03. The van der Waals surface area contributed by atoms with Crippen molar-refractivity contribution in [1.29, 1.82) is 0 Å². The molecule has 0 spiro atoms. The van der Waals surface area contributed by atoms with Crippen LogP contribution in [0, 0.1) is 0 Å². The number of benzene rings is 3. The molecule has 3 aromatic rings. The van der Waals surface area contributed by atoms with Crippen molar-refractivity contribution < 1.29 is 24.2 Å². The minimum Gasteiger partial charge on any atom is -0.454 e. The Balaban J connectivity index is 1.48. The second kappa shape index (κ2) is 7.81. The molecular formula is C24H17Cl2NO5. The van der Waals surface area contributed by atoms with E-state index in [9.17, 15) is 14.7 Å². The van der Waals surface area contributed by atoms with Gasteiger partial charge in [-0.3, -0.25) is 9.59 Å². The Morgan fingerprint density at radius 1 is 0.969 bits per heavy atom. The molecule has 1 N–H and O–H groups in total. The van der Waals surface area contributed by atoms with Crippen molar-refractivity contribution in [2.75, 3.05) is 11.7 Å². The minimum atomic E-state index is -2.04. The minimum absolute atomic E-state index is 0.0843. The molecule has 6 nitrogen and oxygen atoms in total. The third kappa shape index (κ3) is 3.50. The summed E-state index contributed by atoms with van der Waals surface area (Å²) in [5, 5.41) is 12.4. The Morgan fingerprint density at radius 2 is 1.69 bits per heavy atom. The van der Waals surface area contributed by atoms with Crippen molar-refractivity contribution in [2.45, 2.75) is 18.6 Å². The van der Waals surface area contributed by atoms with Crippen LogP contribution in [0.4, 0.5) is 5.69 Å². The fourth-order valence-corrected chi connectivity index (χ4v) is 4.33. The van der Waals surface area contributed by atoms with Crippen LogP contribution in [0.3, 0.4) is 0 Å². The van der Waals surface area contributed by atoms with Crippen LogP contribution in [-0.4, -0.2) is 23.6 Å². The van der Waals surface area contributed by atoms with E-state index < -0.39 is 23.7 Å².